The number of carboxylic acid groups (broad SMARTS) is 1. The van der Waals surface area contributed by atoms with Crippen LogP contribution in [0, 0.1) is 11.8 Å². The van der Waals surface area contributed by atoms with Crippen LogP contribution in [-0.2, 0) is 16.0 Å². The number of ether oxygens (including phenoxy) is 1. The van der Waals surface area contributed by atoms with Crippen LogP contribution in [0.4, 0.5) is 0 Å². The van der Waals surface area contributed by atoms with Gasteiger partial charge in [-0.3, -0.25) is 4.98 Å². The van der Waals surface area contributed by atoms with Gasteiger partial charge in [0.2, 0.25) is 0 Å². The fourth-order valence-corrected chi connectivity index (χ4v) is 2.61. The summed E-state index contributed by atoms with van der Waals surface area (Å²) in [5, 5.41) is 10.3. The summed E-state index contributed by atoms with van der Waals surface area (Å²) < 4.78 is 5.55. The van der Waals surface area contributed by atoms with Gasteiger partial charge < -0.3 is 9.84 Å². The van der Waals surface area contributed by atoms with Gasteiger partial charge >= 0.3 is 5.97 Å². The number of rotatable bonds is 8. The smallest absolute Gasteiger partial charge is 0.333 e. The number of carboxylic acids is 1. The molecule has 1 aromatic carbocycles. The lowest BCUT2D eigenvalue weighted by atomic mass is 10.1. The van der Waals surface area contributed by atoms with E-state index >= 15 is 0 Å². The van der Waals surface area contributed by atoms with E-state index in [9.17, 15) is 4.79 Å². The van der Waals surface area contributed by atoms with Crippen LogP contribution in [0.2, 0.25) is 0 Å². The Balaban J connectivity index is 2.02. The van der Waals surface area contributed by atoms with Crippen LogP contribution in [0.1, 0.15) is 39.0 Å². The highest BCUT2D eigenvalue weighted by Crippen LogP contribution is 2.17. The van der Waals surface area contributed by atoms with Crippen molar-refractivity contribution in [1.82, 2.24) is 4.98 Å². The van der Waals surface area contributed by atoms with Crippen molar-refractivity contribution in [1.29, 1.82) is 0 Å². The first-order valence-corrected chi connectivity index (χ1v) is 8.83. The molecule has 0 radical (unpaired) electrons. The Labute approximate surface area is 149 Å². The molecule has 0 saturated heterocycles. The van der Waals surface area contributed by atoms with E-state index in [4.69, 9.17) is 9.84 Å². The van der Waals surface area contributed by atoms with Gasteiger partial charge in [0.1, 0.15) is 0 Å². The Morgan fingerprint density at radius 2 is 1.96 bits per heavy atom. The van der Waals surface area contributed by atoms with Crippen molar-refractivity contribution in [2.24, 2.45) is 11.8 Å². The van der Waals surface area contributed by atoms with Crippen LogP contribution in [0.3, 0.4) is 0 Å². The SMILES string of the molecule is CCc1ccc2ccc(/C=C/C(C)COC(C(=O)O)C(C)C)cc2n1. The van der Waals surface area contributed by atoms with Crippen molar-refractivity contribution < 1.29 is 14.6 Å². The molecule has 0 bridgehead atoms. The monoisotopic (exact) mass is 341 g/mol. The molecule has 4 heteroatoms. The summed E-state index contributed by atoms with van der Waals surface area (Å²) in [6.07, 6.45) is 4.25. The highest BCUT2D eigenvalue weighted by molar-refractivity contribution is 5.81. The molecule has 1 aromatic heterocycles. The van der Waals surface area contributed by atoms with E-state index in [1.807, 2.05) is 32.9 Å². The summed E-state index contributed by atoms with van der Waals surface area (Å²) in [6, 6.07) is 10.4. The number of fused-ring (bicyclic) bond motifs is 1. The lowest BCUT2D eigenvalue weighted by Crippen LogP contribution is -2.30. The molecule has 0 amide bonds. The number of benzene rings is 1. The zero-order valence-electron chi connectivity index (χ0n) is 15.4. The standard InChI is InChI=1S/C21H27NO3/c1-5-18-11-10-17-9-8-16(12-19(17)22-18)7-6-15(4)13-25-20(14(2)3)21(23)24/h6-12,14-15,20H,5,13H2,1-4H3,(H,23,24)/b7-6+. The van der Waals surface area contributed by atoms with E-state index in [0.29, 0.717) is 6.61 Å². The molecule has 0 aliphatic heterocycles. The molecule has 0 aliphatic rings. The van der Waals surface area contributed by atoms with E-state index in [-0.39, 0.29) is 11.8 Å². The van der Waals surface area contributed by atoms with Crippen LogP contribution in [0.25, 0.3) is 17.0 Å². The van der Waals surface area contributed by atoms with Crippen molar-refractivity contribution in [3.63, 3.8) is 0 Å². The lowest BCUT2D eigenvalue weighted by Gasteiger charge is -2.18. The first kappa shape index (κ1) is 19.1. The van der Waals surface area contributed by atoms with Crippen molar-refractivity contribution in [2.75, 3.05) is 6.61 Å². The highest BCUT2D eigenvalue weighted by Gasteiger charge is 2.22. The fraction of sp³-hybridized carbons (Fsp3) is 0.429. The largest absolute Gasteiger partial charge is 0.479 e. The van der Waals surface area contributed by atoms with Gasteiger partial charge in [0, 0.05) is 11.1 Å². The molecule has 0 saturated carbocycles. The van der Waals surface area contributed by atoms with Crippen molar-refractivity contribution in [3.05, 3.63) is 47.7 Å². The molecule has 0 aliphatic carbocycles. The number of carbonyl (C=O) groups is 1. The summed E-state index contributed by atoms with van der Waals surface area (Å²) in [4.78, 5) is 15.8. The minimum atomic E-state index is -0.904. The number of aromatic nitrogens is 1. The third-order valence-electron chi connectivity index (χ3n) is 4.14. The Morgan fingerprint density at radius 3 is 2.60 bits per heavy atom. The maximum absolute atomic E-state index is 11.2. The molecule has 4 nitrogen and oxygen atoms in total. The third kappa shape index (κ3) is 5.40. The molecule has 2 unspecified atom stereocenters. The maximum Gasteiger partial charge on any atom is 0.333 e. The molecule has 1 heterocycles. The van der Waals surface area contributed by atoms with Crippen molar-refractivity contribution in [3.8, 4) is 0 Å². The van der Waals surface area contributed by atoms with Crippen LogP contribution >= 0.6 is 0 Å². The zero-order valence-corrected chi connectivity index (χ0v) is 15.4. The second-order valence-corrected chi connectivity index (χ2v) is 6.78. The van der Waals surface area contributed by atoms with Crippen LogP contribution in [0.5, 0.6) is 0 Å². The Kier molecular flexibility index (Phi) is 6.71. The number of aryl methyl sites for hydroxylation is 1. The van der Waals surface area contributed by atoms with E-state index in [0.717, 1.165) is 28.6 Å². The Morgan fingerprint density at radius 1 is 1.24 bits per heavy atom. The first-order chi connectivity index (χ1) is 11.9. The minimum absolute atomic E-state index is 0.0481. The van der Waals surface area contributed by atoms with Gasteiger partial charge in [-0.2, -0.15) is 0 Å². The van der Waals surface area contributed by atoms with Crippen LogP contribution in [-0.4, -0.2) is 28.8 Å². The van der Waals surface area contributed by atoms with Gasteiger partial charge in [-0.05, 0) is 36.0 Å². The van der Waals surface area contributed by atoms with E-state index in [1.54, 1.807) is 0 Å². The van der Waals surface area contributed by atoms with Crippen molar-refractivity contribution in [2.45, 2.75) is 40.2 Å². The number of hydrogen-bond donors (Lipinski definition) is 1. The third-order valence-corrected chi connectivity index (χ3v) is 4.14. The molecule has 2 aromatic rings. The maximum atomic E-state index is 11.2. The molecule has 2 rings (SSSR count). The average Bonchev–Trinajstić information content (AvgIpc) is 2.58. The molecule has 25 heavy (non-hydrogen) atoms. The predicted molar refractivity (Wildman–Crippen MR) is 102 cm³/mol. The summed E-state index contributed by atoms with van der Waals surface area (Å²) in [7, 11) is 0. The van der Waals surface area contributed by atoms with Gasteiger partial charge in [-0.15, -0.1) is 0 Å². The second-order valence-electron chi connectivity index (χ2n) is 6.78. The summed E-state index contributed by atoms with van der Waals surface area (Å²) in [5.41, 5.74) is 3.17. The molecular formula is C21H27NO3. The van der Waals surface area contributed by atoms with E-state index < -0.39 is 12.1 Å². The highest BCUT2D eigenvalue weighted by atomic mass is 16.5. The van der Waals surface area contributed by atoms with Crippen LogP contribution in [0.15, 0.2) is 36.4 Å². The van der Waals surface area contributed by atoms with E-state index in [1.165, 1.54) is 0 Å². The topological polar surface area (TPSA) is 59.4 Å². The Bertz CT molecular complexity index is 752. The van der Waals surface area contributed by atoms with Crippen molar-refractivity contribution >= 4 is 22.9 Å². The van der Waals surface area contributed by atoms with Crippen LogP contribution < -0.4 is 0 Å². The lowest BCUT2D eigenvalue weighted by molar-refractivity contribution is -0.154. The summed E-state index contributed by atoms with van der Waals surface area (Å²) >= 11 is 0. The van der Waals surface area contributed by atoms with Gasteiger partial charge in [0.25, 0.3) is 0 Å². The first-order valence-electron chi connectivity index (χ1n) is 8.83. The average molecular weight is 341 g/mol. The van der Waals surface area contributed by atoms with Gasteiger partial charge in [-0.25, -0.2) is 4.79 Å². The zero-order chi connectivity index (χ0) is 18.4. The Hall–Kier alpha value is -2.20. The summed E-state index contributed by atoms with van der Waals surface area (Å²) in [6.45, 7) is 8.21. The molecule has 1 N–H and O–H groups in total. The number of pyridine rings is 1. The van der Waals surface area contributed by atoms with Gasteiger partial charge in [-0.1, -0.05) is 58.0 Å². The minimum Gasteiger partial charge on any atom is -0.479 e. The predicted octanol–water partition coefficient (Wildman–Crippen LogP) is 4.57. The molecular weight excluding hydrogens is 314 g/mol. The quantitative estimate of drug-likeness (QED) is 0.764. The number of hydrogen-bond acceptors (Lipinski definition) is 3. The fourth-order valence-electron chi connectivity index (χ4n) is 2.61. The second kappa shape index (κ2) is 8.77. The molecule has 2 atom stereocenters. The summed E-state index contributed by atoms with van der Waals surface area (Å²) in [5.74, 6) is -0.822. The molecule has 0 spiro atoms. The van der Waals surface area contributed by atoms with Gasteiger partial charge in [0.05, 0.1) is 12.1 Å². The molecule has 0 fully saturated rings. The van der Waals surface area contributed by atoms with E-state index in [2.05, 4.69) is 42.2 Å². The normalized spacial score (nSPS) is 14.3. The van der Waals surface area contributed by atoms with Gasteiger partial charge in [0.15, 0.2) is 6.10 Å². The molecule has 134 valence electrons. The number of aliphatic carboxylic acids is 1. The number of nitrogens with zero attached hydrogens (tertiary/aromatic N) is 1.